The van der Waals surface area contributed by atoms with Gasteiger partial charge in [-0.25, -0.2) is 4.63 Å². The molecule has 2 atom stereocenters. The Kier molecular flexibility index (Phi) is 4.96. The number of amides is 1. The van der Waals surface area contributed by atoms with E-state index in [0.717, 1.165) is 62.4 Å². The molecule has 0 radical (unpaired) electrons. The van der Waals surface area contributed by atoms with Crippen LogP contribution in [-0.4, -0.2) is 74.1 Å². The van der Waals surface area contributed by atoms with E-state index in [-0.39, 0.29) is 17.5 Å². The Morgan fingerprint density at radius 2 is 2.14 bits per heavy atom. The van der Waals surface area contributed by atoms with E-state index in [2.05, 4.69) is 37.6 Å². The molecular weight excluding hydrogens is 358 g/mol. The Morgan fingerprint density at radius 3 is 2.82 bits per heavy atom. The van der Waals surface area contributed by atoms with Crippen molar-refractivity contribution in [1.29, 1.82) is 0 Å². The fraction of sp³-hybridized carbons (Fsp3) is 0.684. The number of rotatable bonds is 4. The van der Waals surface area contributed by atoms with Gasteiger partial charge in [0, 0.05) is 38.4 Å². The maximum absolute atomic E-state index is 12.9. The predicted octanol–water partition coefficient (Wildman–Crippen LogP) is 0.889. The number of carbonyl (C=O) groups excluding carboxylic acids is 1. The second-order valence-electron chi connectivity index (χ2n) is 8.28. The van der Waals surface area contributed by atoms with Crippen molar-refractivity contribution in [2.45, 2.75) is 51.2 Å². The Hall–Kier alpha value is -2.26. The number of aryl methyl sites for hydroxylation is 3. The van der Waals surface area contributed by atoms with Crippen molar-refractivity contribution >= 4 is 5.91 Å². The van der Waals surface area contributed by atoms with Gasteiger partial charge in [0.05, 0.1) is 11.6 Å². The van der Waals surface area contributed by atoms with Gasteiger partial charge in [0.25, 0.3) is 5.91 Å². The van der Waals surface area contributed by atoms with Gasteiger partial charge in [-0.2, -0.15) is 5.10 Å². The van der Waals surface area contributed by atoms with Crippen molar-refractivity contribution in [2.24, 2.45) is 7.05 Å². The molecule has 28 heavy (non-hydrogen) atoms. The van der Waals surface area contributed by atoms with E-state index in [1.54, 1.807) is 4.68 Å². The summed E-state index contributed by atoms with van der Waals surface area (Å²) in [6, 6.07) is 0.103. The van der Waals surface area contributed by atoms with Crippen molar-refractivity contribution in [2.75, 3.05) is 26.7 Å². The summed E-state index contributed by atoms with van der Waals surface area (Å²) in [6.45, 7) is 7.46. The summed E-state index contributed by atoms with van der Waals surface area (Å²) >= 11 is 0. The van der Waals surface area contributed by atoms with E-state index < -0.39 is 0 Å². The number of aromatic nitrogens is 4. The van der Waals surface area contributed by atoms with Gasteiger partial charge in [-0.15, -0.1) is 0 Å². The Balaban J connectivity index is 1.51. The molecule has 2 saturated heterocycles. The van der Waals surface area contributed by atoms with E-state index in [9.17, 15) is 4.79 Å². The van der Waals surface area contributed by atoms with Gasteiger partial charge >= 0.3 is 0 Å². The third-order valence-corrected chi connectivity index (χ3v) is 6.40. The van der Waals surface area contributed by atoms with Crippen LogP contribution >= 0.6 is 0 Å². The fourth-order valence-corrected chi connectivity index (χ4v) is 4.83. The lowest BCUT2D eigenvalue weighted by Crippen LogP contribution is -2.63. The van der Waals surface area contributed by atoms with Crippen molar-refractivity contribution in [3.05, 3.63) is 28.8 Å². The number of nitrogens with one attached hydrogen (secondary N) is 1. The molecule has 0 aromatic carbocycles. The standard InChI is InChI=1S/C19H29N7O2/c1-13-10-25(4)21-17(13)18(27)20-16-6-9-24(3)19(16)7-5-8-26(12-19)11-15-14(2)22-28-23-15/h10,16H,5-9,11-12H2,1-4H3,(H,20,27). The summed E-state index contributed by atoms with van der Waals surface area (Å²) in [5.74, 6) is -0.0774. The summed E-state index contributed by atoms with van der Waals surface area (Å²) in [5, 5.41) is 15.6. The minimum Gasteiger partial charge on any atom is -0.346 e. The van der Waals surface area contributed by atoms with Crippen LogP contribution < -0.4 is 5.32 Å². The Labute approximate surface area is 165 Å². The highest BCUT2D eigenvalue weighted by Crippen LogP contribution is 2.37. The molecule has 2 aromatic rings. The SMILES string of the molecule is Cc1cn(C)nc1C(=O)NC1CCN(C)C12CCCN(Cc1nonc1C)C2. The van der Waals surface area contributed by atoms with Crippen LogP contribution in [0.25, 0.3) is 0 Å². The molecule has 1 spiro atoms. The molecule has 4 heterocycles. The number of likely N-dealkylation sites (N-methyl/N-ethyl adjacent to an activating group) is 1. The van der Waals surface area contributed by atoms with Gasteiger partial charge in [0.2, 0.25) is 0 Å². The second kappa shape index (κ2) is 7.29. The zero-order valence-electron chi connectivity index (χ0n) is 17.1. The first-order chi connectivity index (χ1) is 13.4. The molecule has 4 rings (SSSR count). The summed E-state index contributed by atoms with van der Waals surface area (Å²) in [6.07, 6.45) is 4.99. The van der Waals surface area contributed by atoms with Gasteiger partial charge in [0.15, 0.2) is 5.69 Å². The van der Waals surface area contributed by atoms with Crippen LogP contribution in [0.2, 0.25) is 0 Å². The third kappa shape index (κ3) is 3.33. The number of carbonyl (C=O) groups is 1. The number of piperidine rings is 1. The maximum Gasteiger partial charge on any atom is 0.272 e. The molecule has 9 heteroatoms. The zero-order chi connectivity index (χ0) is 19.9. The average Bonchev–Trinajstić information content (AvgIpc) is 3.30. The lowest BCUT2D eigenvalue weighted by molar-refractivity contribution is 0.0343. The minimum absolute atomic E-state index is 0.0678. The predicted molar refractivity (Wildman–Crippen MR) is 103 cm³/mol. The molecule has 0 bridgehead atoms. The van der Waals surface area contributed by atoms with Crippen LogP contribution in [0.15, 0.2) is 10.8 Å². The van der Waals surface area contributed by atoms with Crippen LogP contribution in [0.1, 0.15) is 46.7 Å². The Bertz CT molecular complexity index is 860. The summed E-state index contributed by atoms with van der Waals surface area (Å²) in [7, 11) is 4.01. The molecule has 0 saturated carbocycles. The van der Waals surface area contributed by atoms with Gasteiger partial charge in [-0.3, -0.25) is 19.3 Å². The number of likely N-dealkylation sites (tertiary alicyclic amines) is 2. The minimum atomic E-state index is -0.0774. The lowest BCUT2D eigenvalue weighted by Gasteiger charge is -2.47. The molecule has 9 nitrogen and oxygen atoms in total. The average molecular weight is 387 g/mol. The highest BCUT2D eigenvalue weighted by molar-refractivity contribution is 5.93. The van der Waals surface area contributed by atoms with E-state index in [0.29, 0.717) is 5.69 Å². The molecule has 2 fully saturated rings. The summed E-state index contributed by atoms with van der Waals surface area (Å²) in [4.78, 5) is 17.7. The van der Waals surface area contributed by atoms with Crippen LogP contribution in [0, 0.1) is 13.8 Å². The first-order valence-electron chi connectivity index (χ1n) is 9.92. The highest BCUT2D eigenvalue weighted by atomic mass is 16.6. The molecule has 2 aromatic heterocycles. The first kappa shape index (κ1) is 19.1. The molecule has 2 unspecified atom stereocenters. The quantitative estimate of drug-likeness (QED) is 0.833. The molecule has 2 aliphatic rings. The molecule has 1 N–H and O–H groups in total. The Morgan fingerprint density at radius 1 is 1.32 bits per heavy atom. The molecular formula is C19H29N7O2. The van der Waals surface area contributed by atoms with E-state index in [4.69, 9.17) is 4.63 Å². The van der Waals surface area contributed by atoms with E-state index >= 15 is 0 Å². The highest BCUT2D eigenvalue weighted by Gasteiger charge is 2.50. The molecule has 152 valence electrons. The van der Waals surface area contributed by atoms with Crippen LogP contribution in [0.5, 0.6) is 0 Å². The van der Waals surface area contributed by atoms with Crippen molar-refractivity contribution in [3.63, 3.8) is 0 Å². The normalized spacial score (nSPS) is 26.2. The fourth-order valence-electron chi connectivity index (χ4n) is 4.83. The number of hydrogen-bond acceptors (Lipinski definition) is 7. The van der Waals surface area contributed by atoms with Crippen LogP contribution in [0.4, 0.5) is 0 Å². The molecule has 2 aliphatic heterocycles. The van der Waals surface area contributed by atoms with Gasteiger partial charge in [-0.05, 0) is 46.7 Å². The third-order valence-electron chi connectivity index (χ3n) is 6.40. The largest absolute Gasteiger partial charge is 0.346 e. The number of nitrogens with zero attached hydrogens (tertiary/aromatic N) is 6. The molecule has 1 amide bonds. The zero-order valence-corrected chi connectivity index (χ0v) is 17.1. The van der Waals surface area contributed by atoms with Crippen molar-refractivity contribution in [3.8, 4) is 0 Å². The maximum atomic E-state index is 12.9. The van der Waals surface area contributed by atoms with E-state index in [1.807, 2.05) is 27.1 Å². The van der Waals surface area contributed by atoms with E-state index in [1.165, 1.54) is 0 Å². The van der Waals surface area contributed by atoms with Gasteiger partial charge < -0.3 is 5.32 Å². The monoisotopic (exact) mass is 387 g/mol. The van der Waals surface area contributed by atoms with Crippen molar-refractivity contribution in [1.82, 2.24) is 35.2 Å². The van der Waals surface area contributed by atoms with Crippen LogP contribution in [0.3, 0.4) is 0 Å². The lowest BCUT2D eigenvalue weighted by atomic mass is 9.82. The topological polar surface area (TPSA) is 92.3 Å². The molecule has 0 aliphatic carbocycles. The summed E-state index contributed by atoms with van der Waals surface area (Å²) in [5.41, 5.74) is 3.09. The van der Waals surface area contributed by atoms with Crippen LogP contribution in [-0.2, 0) is 13.6 Å². The van der Waals surface area contributed by atoms with Gasteiger partial charge in [-0.1, -0.05) is 10.3 Å². The van der Waals surface area contributed by atoms with Gasteiger partial charge in [0.1, 0.15) is 11.4 Å². The number of hydrogen-bond donors (Lipinski definition) is 1. The second-order valence-corrected chi connectivity index (χ2v) is 8.28. The van der Waals surface area contributed by atoms with Crippen molar-refractivity contribution < 1.29 is 9.42 Å². The smallest absolute Gasteiger partial charge is 0.272 e. The first-order valence-corrected chi connectivity index (χ1v) is 9.92. The summed E-state index contributed by atoms with van der Waals surface area (Å²) < 4.78 is 6.55.